The van der Waals surface area contributed by atoms with E-state index in [0.717, 1.165) is 42.4 Å². The second kappa shape index (κ2) is 8.44. The van der Waals surface area contributed by atoms with Crippen LogP contribution < -0.4 is 9.47 Å². The summed E-state index contributed by atoms with van der Waals surface area (Å²) >= 11 is 6.23. The van der Waals surface area contributed by atoms with E-state index in [-0.39, 0.29) is 5.91 Å². The molecular formula is C23H28ClNO3. The van der Waals surface area contributed by atoms with Crippen LogP contribution in [0.15, 0.2) is 36.4 Å². The number of rotatable bonds is 6. The molecule has 0 spiro atoms. The van der Waals surface area contributed by atoms with Crippen LogP contribution in [0.4, 0.5) is 0 Å². The molecule has 1 fully saturated rings. The number of amides is 1. The highest BCUT2D eigenvalue weighted by atomic mass is 35.5. The molecule has 0 N–H and O–H groups in total. The zero-order valence-corrected chi connectivity index (χ0v) is 17.8. The zero-order chi connectivity index (χ0) is 20.3. The number of carbonyl (C=O) groups excluding carboxylic acids is 1. The number of carbonyl (C=O) groups is 1. The summed E-state index contributed by atoms with van der Waals surface area (Å²) in [6, 6.07) is 11.7. The molecule has 2 aromatic carbocycles. The van der Waals surface area contributed by atoms with Crippen LogP contribution in [0.1, 0.15) is 42.4 Å². The number of benzene rings is 2. The van der Waals surface area contributed by atoms with Crippen LogP contribution in [0.25, 0.3) is 0 Å². The Bertz CT molecular complexity index is 859. The van der Waals surface area contributed by atoms with Gasteiger partial charge in [0.25, 0.3) is 0 Å². The van der Waals surface area contributed by atoms with Gasteiger partial charge in [-0.2, -0.15) is 0 Å². The van der Waals surface area contributed by atoms with Crippen molar-refractivity contribution in [2.45, 2.75) is 44.6 Å². The number of hydrogen-bond donors (Lipinski definition) is 0. The number of likely N-dealkylation sites (N-methyl/N-ethyl adjacent to an activating group) is 1. The Labute approximate surface area is 172 Å². The summed E-state index contributed by atoms with van der Waals surface area (Å²) in [6.07, 6.45) is 3.84. The van der Waals surface area contributed by atoms with Crippen molar-refractivity contribution < 1.29 is 14.3 Å². The van der Waals surface area contributed by atoms with Crippen molar-refractivity contribution in [3.8, 4) is 11.5 Å². The Hall–Kier alpha value is -2.20. The molecule has 0 bridgehead atoms. The molecule has 1 aliphatic carbocycles. The molecule has 0 heterocycles. The van der Waals surface area contributed by atoms with Crippen molar-refractivity contribution in [2.75, 3.05) is 21.3 Å². The van der Waals surface area contributed by atoms with E-state index in [1.165, 1.54) is 0 Å². The van der Waals surface area contributed by atoms with Crippen molar-refractivity contribution >= 4 is 17.5 Å². The third kappa shape index (κ3) is 3.83. The normalized spacial score (nSPS) is 15.3. The van der Waals surface area contributed by atoms with Gasteiger partial charge >= 0.3 is 0 Å². The van der Waals surface area contributed by atoms with Crippen molar-refractivity contribution in [2.24, 2.45) is 0 Å². The molecule has 0 atom stereocenters. The maximum absolute atomic E-state index is 13.6. The summed E-state index contributed by atoms with van der Waals surface area (Å²) in [5, 5.41) is 0.676. The molecular weight excluding hydrogens is 374 g/mol. The summed E-state index contributed by atoms with van der Waals surface area (Å²) in [4.78, 5) is 15.4. The average molecular weight is 402 g/mol. The van der Waals surface area contributed by atoms with Crippen LogP contribution in [-0.2, 0) is 16.8 Å². The lowest BCUT2D eigenvalue weighted by Gasteiger charge is -2.33. The Morgan fingerprint density at radius 2 is 1.75 bits per heavy atom. The predicted octanol–water partition coefficient (Wildman–Crippen LogP) is 5.14. The lowest BCUT2D eigenvalue weighted by molar-refractivity contribution is -0.136. The number of halogens is 1. The quantitative estimate of drug-likeness (QED) is 0.673. The minimum Gasteiger partial charge on any atom is -0.493 e. The number of aryl methyl sites for hydroxylation is 1. The third-order valence-corrected chi connectivity index (χ3v) is 6.08. The molecule has 1 aliphatic rings. The molecule has 28 heavy (non-hydrogen) atoms. The van der Waals surface area contributed by atoms with Crippen LogP contribution >= 0.6 is 11.6 Å². The van der Waals surface area contributed by atoms with Gasteiger partial charge in [-0.05, 0) is 60.7 Å². The first kappa shape index (κ1) is 20.5. The summed E-state index contributed by atoms with van der Waals surface area (Å²) < 4.78 is 10.8. The summed E-state index contributed by atoms with van der Waals surface area (Å²) in [5.41, 5.74) is 2.66. The van der Waals surface area contributed by atoms with Crippen LogP contribution in [-0.4, -0.2) is 32.1 Å². The van der Waals surface area contributed by atoms with E-state index in [4.69, 9.17) is 21.1 Å². The SMILES string of the molecule is COc1cc(C)c(CN(C)C(=O)C2(c3cccc(Cl)c3)CCCC2)cc1OC. The first-order valence-electron chi connectivity index (χ1n) is 9.64. The van der Waals surface area contributed by atoms with Gasteiger partial charge in [0.15, 0.2) is 11.5 Å². The van der Waals surface area contributed by atoms with Gasteiger partial charge < -0.3 is 14.4 Å². The first-order valence-corrected chi connectivity index (χ1v) is 10.0. The van der Waals surface area contributed by atoms with E-state index < -0.39 is 5.41 Å². The van der Waals surface area contributed by atoms with Gasteiger partial charge in [0.2, 0.25) is 5.91 Å². The van der Waals surface area contributed by atoms with E-state index >= 15 is 0 Å². The lowest BCUT2D eigenvalue weighted by atomic mass is 9.77. The van der Waals surface area contributed by atoms with Crippen molar-refractivity contribution in [1.82, 2.24) is 4.90 Å². The number of nitrogens with zero attached hydrogens (tertiary/aromatic N) is 1. The molecule has 0 unspecified atom stereocenters. The largest absolute Gasteiger partial charge is 0.493 e. The number of ether oxygens (including phenoxy) is 2. The van der Waals surface area contributed by atoms with E-state index in [1.54, 1.807) is 14.2 Å². The molecule has 5 heteroatoms. The number of hydrogen-bond acceptors (Lipinski definition) is 3. The maximum atomic E-state index is 13.6. The summed E-state index contributed by atoms with van der Waals surface area (Å²) in [6.45, 7) is 2.55. The van der Waals surface area contributed by atoms with Gasteiger partial charge in [-0.1, -0.05) is 36.6 Å². The van der Waals surface area contributed by atoms with E-state index in [0.29, 0.717) is 23.1 Å². The molecule has 0 saturated heterocycles. The third-order valence-electron chi connectivity index (χ3n) is 5.84. The highest BCUT2D eigenvalue weighted by Crippen LogP contribution is 2.43. The van der Waals surface area contributed by atoms with E-state index in [9.17, 15) is 4.79 Å². The fraction of sp³-hybridized carbons (Fsp3) is 0.435. The van der Waals surface area contributed by atoms with Crippen molar-refractivity contribution in [3.63, 3.8) is 0 Å². The molecule has 0 aliphatic heterocycles. The zero-order valence-electron chi connectivity index (χ0n) is 17.0. The Balaban J connectivity index is 1.89. The Morgan fingerprint density at radius 3 is 2.36 bits per heavy atom. The standard InChI is InChI=1S/C23H28ClNO3/c1-16-12-20(27-3)21(28-4)13-17(16)15-25(2)22(26)23(10-5-6-11-23)18-8-7-9-19(24)14-18/h7-9,12-14H,5-6,10-11,15H2,1-4H3. The minimum absolute atomic E-state index is 0.154. The highest BCUT2D eigenvalue weighted by Gasteiger charge is 2.44. The highest BCUT2D eigenvalue weighted by molar-refractivity contribution is 6.30. The molecule has 0 radical (unpaired) electrons. The van der Waals surface area contributed by atoms with E-state index in [1.807, 2.05) is 55.3 Å². The molecule has 0 aromatic heterocycles. The minimum atomic E-state index is -0.482. The van der Waals surface area contributed by atoms with Crippen molar-refractivity contribution in [3.05, 3.63) is 58.1 Å². The van der Waals surface area contributed by atoms with E-state index in [2.05, 4.69) is 0 Å². The van der Waals surface area contributed by atoms with Crippen LogP contribution in [0.3, 0.4) is 0 Å². The molecule has 1 amide bonds. The smallest absolute Gasteiger partial charge is 0.233 e. The fourth-order valence-electron chi connectivity index (χ4n) is 4.28. The van der Waals surface area contributed by atoms with Gasteiger partial charge in [0.1, 0.15) is 0 Å². The topological polar surface area (TPSA) is 38.8 Å². The lowest BCUT2D eigenvalue weighted by Crippen LogP contribution is -2.43. The van der Waals surface area contributed by atoms with Crippen LogP contribution in [0, 0.1) is 6.92 Å². The predicted molar refractivity (Wildman–Crippen MR) is 112 cm³/mol. The van der Waals surface area contributed by atoms with Crippen LogP contribution in [0.5, 0.6) is 11.5 Å². The van der Waals surface area contributed by atoms with Gasteiger partial charge in [0.05, 0.1) is 19.6 Å². The molecule has 2 aromatic rings. The van der Waals surface area contributed by atoms with Gasteiger partial charge in [-0.25, -0.2) is 0 Å². The molecule has 4 nitrogen and oxygen atoms in total. The first-order chi connectivity index (χ1) is 13.4. The average Bonchev–Trinajstić information content (AvgIpc) is 3.19. The van der Waals surface area contributed by atoms with Crippen molar-refractivity contribution in [1.29, 1.82) is 0 Å². The van der Waals surface area contributed by atoms with Gasteiger partial charge in [0, 0.05) is 18.6 Å². The second-order valence-electron chi connectivity index (χ2n) is 7.59. The van der Waals surface area contributed by atoms with Gasteiger partial charge in [-0.3, -0.25) is 4.79 Å². The molecule has 3 rings (SSSR count). The molecule has 1 saturated carbocycles. The Kier molecular flexibility index (Phi) is 6.19. The second-order valence-corrected chi connectivity index (χ2v) is 8.03. The fourth-order valence-corrected chi connectivity index (χ4v) is 4.47. The monoisotopic (exact) mass is 401 g/mol. The van der Waals surface area contributed by atoms with Gasteiger partial charge in [-0.15, -0.1) is 0 Å². The summed E-state index contributed by atoms with van der Waals surface area (Å²) in [7, 11) is 5.13. The van der Waals surface area contributed by atoms with Crippen LogP contribution in [0.2, 0.25) is 5.02 Å². The molecule has 150 valence electrons. The maximum Gasteiger partial charge on any atom is 0.233 e. The number of methoxy groups -OCH3 is 2. The summed E-state index contributed by atoms with van der Waals surface area (Å²) in [5.74, 6) is 1.53. The Morgan fingerprint density at radius 1 is 1.11 bits per heavy atom.